The Balaban J connectivity index is 1.15. The Morgan fingerprint density at radius 3 is 2.78 bits per heavy atom. The molecule has 2 aliphatic carbocycles. The number of carbonyl (C=O) groups is 3. The number of aromatic nitrogens is 2. The lowest BCUT2D eigenvalue weighted by atomic mass is 9.99. The van der Waals surface area contributed by atoms with E-state index in [1.165, 1.54) is 6.07 Å². The van der Waals surface area contributed by atoms with Crippen LogP contribution in [0.1, 0.15) is 81.9 Å². The van der Waals surface area contributed by atoms with Crippen molar-refractivity contribution in [1.29, 1.82) is 0 Å². The summed E-state index contributed by atoms with van der Waals surface area (Å²) in [6.07, 6.45) is 4.98. The first-order valence-corrected chi connectivity index (χ1v) is 12.7. The van der Waals surface area contributed by atoms with Gasteiger partial charge in [-0.25, -0.2) is 9.18 Å². The summed E-state index contributed by atoms with van der Waals surface area (Å²) < 4.78 is 20.4. The standard InChI is InChI=1S/C26H32FN5O4/c1-15(19-8-6-17(13-20(19)27)32-11-3-4-23(32)33)24(34)28-22-14-21(30-31-22)16-5-7-18(12-16)36-25(35)29-26(2)9-10-26/h6,8,13-16,18H,3-5,7,9-12H2,1-2H3,(H,29,35)(H2,28,30,31,34)/t15?,16-,18-/m0/s1. The molecule has 2 aromatic rings. The van der Waals surface area contributed by atoms with E-state index in [1.54, 1.807) is 30.0 Å². The molecule has 3 fully saturated rings. The number of aromatic amines is 1. The molecule has 0 spiro atoms. The van der Waals surface area contributed by atoms with E-state index in [2.05, 4.69) is 20.8 Å². The Morgan fingerprint density at radius 1 is 1.28 bits per heavy atom. The molecule has 5 rings (SSSR count). The quantitative estimate of drug-likeness (QED) is 0.526. The number of hydrogen-bond acceptors (Lipinski definition) is 5. The second-order valence-electron chi connectivity index (χ2n) is 10.5. The highest BCUT2D eigenvalue weighted by Crippen LogP contribution is 2.37. The first-order valence-electron chi connectivity index (χ1n) is 12.7. The van der Waals surface area contributed by atoms with Gasteiger partial charge in [-0.15, -0.1) is 0 Å². The number of amides is 3. The van der Waals surface area contributed by atoms with E-state index in [9.17, 15) is 18.8 Å². The predicted molar refractivity (Wildman–Crippen MR) is 131 cm³/mol. The van der Waals surface area contributed by atoms with Gasteiger partial charge in [0.25, 0.3) is 0 Å². The summed E-state index contributed by atoms with van der Waals surface area (Å²) in [6, 6.07) is 6.34. The lowest BCUT2D eigenvalue weighted by Gasteiger charge is -2.18. The smallest absolute Gasteiger partial charge is 0.407 e. The maximum atomic E-state index is 14.8. The van der Waals surface area contributed by atoms with Crippen molar-refractivity contribution in [3.8, 4) is 0 Å². The summed E-state index contributed by atoms with van der Waals surface area (Å²) >= 11 is 0. The normalized spacial score (nSPS) is 23.4. The zero-order chi connectivity index (χ0) is 25.4. The fourth-order valence-corrected chi connectivity index (χ4v) is 5.01. The lowest BCUT2D eigenvalue weighted by molar-refractivity contribution is -0.118. The highest BCUT2D eigenvalue weighted by atomic mass is 19.1. The number of alkyl carbamates (subject to hydrolysis) is 1. The van der Waals surface area contributed by atoms with E-state index >= 15 is 0 Å². The number of anilines is 2. The second-order valence-corrected chi connectivity index (χ2v) is 10.5. The lowest BCUT2D eigenvalue weighted by Crippen LogP contribution is -2.36. The first-order chi connectivity index (χ1) is 17.2. The zero-order valence-corrected chi connectivity index (χ0v) is 20.6. The van der Waals surface area contributed by atoms with Gasteiger partial charge in [0, 0.05) is 47.4 Å². The Hall–Kier alpha value is -3.43. The highest BCUT2D eigenvalue weighted by molar-refractivity contribution is 5.96. The fraction of sp³-hybridized carbons (Fsp3) is 0.538. The average Bonchev–Trinajstić information content (AvgIpc) is 3.25. The van der Waals surface area contributed by atoms with Crippen LogP contribution < -0.4 is 15.5 Å². The van der Waals surface area contributed by atoms with Crippen LogP contribution in [0, 0.1) is 5.82 Å². The predicted octanol–water partition coefficient (Wildman–Crippen LogP) is 4.33. The summed E-state index contributed by atoms with van der Waals surface area (Å²) in [5, 5.41) is 12.8. The van der Waals surface area contributed by atoms with Crippen LogP contribution in [0.15, 0.2) is 24.3 Å². The van der Waals surface area contributed by atoms with Gasteiger partial charge in [-0.1, -0.05) is 6.07 Å². The summed E-state index contributed by atoms with van der Waals surface area (Å²) in [5.41, 5.74) is 1.53. The van der Waals surface area contributed by atoms with Crippen LogP contribution in [0.3, 0.4) is 0 Å². The first kappa shape index (κ1) is 24.3. The fourth-order valence-electron chi connectivity index (χ4n) is 5.01. The molecule has 3 N–H and O–H groups in total. The number of nitrogens with one attached hydrogen (secondary N) is 3. The van der Waals surface area contributed by atoms with E-state index < -0.39 is 11.7 Å². The maximum Gasteiger partial charge on any atom is 0.407 e. The highest BCUT2D eigenvalue weighted by Gasteiger charge is 2.40. The van der Waals surface area contributed by atoms with Crippen LogP contribution in [0.4, 0.5) is 20.7 Å². The second kappa shape index (κ2) is 9.55. The number of benzene rings is 1. The molecule has 9 nitrogen and oxygen atoms in total. The minimum absolute atomic E-state index is 0.0155. The SMILES string of the molecule is CC(C(=O)Nc1cc([C@H]2CC[C@H](OC(=O)NC3(C)CC3)C2)[nH]n1)c1ccc(N2CCCC2=O)cc1F. The number of carbonyl (C=O) groups excluding carboxylic acids is 3. The molecule has 2 saturated carbocycles. The number of nitrogens with zero attached hydrogens (tertiary/aromatic N) is 2. The summed E-state index contributed by atoms with van der Waals surface area (Å²) in [5.74, 6) is -1.15. The van der Waals surface area contributed by atoms with Gasteiger partial charge in [0.15, 0.2) is 5.82 Å². The molecule has 0 bridgehead atoms. The molecular weight excluding hydrogens is 465 g/mol. The molecule has 2 heterocycles. The number of rotatable bonds is 7. The molecule has 1 aromatic carbocycles. The summed E-state index contributed by atoms with van der Waals surface area (Å²) in [6.45, 7) is 4.22. The maximum absolute atomic E-state index is 14.8. The van der Waals surface area contributed by atoms with Gasteiger partial charge in [-0.2, -0.15) is 5.10 Å². The van der Waals surface area contributed by atoms with Crippen molar-refractivity contribution in [2.45, 2.75) is 82.3 Å². The van der Waals surface area contributed by atoms with Crippen LogP contribution in [-0.2, 0) is 14.3 Å². The largest absolute Gasteiger partial charge is 0.446 e. The molecule has 3 aliphatic rings. The van der Waals surface area contributed by atoms with Gasteiger partial charge in [-0.3, -0.25) is 14.7 Å². The summed E-state index contributed by atoms with van der Waals surface area (Å²) in [4.78, 5) is 38.4. The molecule has 3 atom stereocenters. The molecule has 36 heavy (non-hydrogen) atoms. The van der Waals surface area contributed by atoms with E-state index in [-0.39, 0.29) is 41.0 Å². The molecule has 3 amide bonds. The Morgan fingerprint density at radius 2 is 2.08 bits per heavy atom. The molecular formula is C26H32FN5O4. The van der Waals surface area contributed by atoms with Crippen molar-refractivity contribution in [2.75, 3.05) is 16.8 Å². The molecule has 1 aromatic heterocycles. The minimum atomic E-state index is -0.746. The van der Waals surface area contributed by atoms with Crippen LogP contribution in [0.5, 0.6) is 0 Å². The molecule has 192 valence electrons. The van der Waals surface area contributed by atoms with Crippen LogP contribution in [0.25, 0.3) is 0 Å². The van der Waals surface area contributed by atoms with Crippen LogP contribution >= 0.6 is 0 Å². The third kappa shape index (κ3) is 5.22. The van der Waals surface area contributed by atoms with Crippen molar-refractivity contribution >= 4 is 29.4 Å². The van der Waals surface area contributed by atoms with Crippen molar-refractivity contribution in [1.82, 2.24) is 15.5 Å². The number of H-pyrrole nitrogens is 1. The molecule has 10 heteroatoms. The number of halogens is 1. The van der Waals surface area contributed by atoms with Gasteiger partial charge >= 0.3 is 6.09 Å². The van der Waals surface area contributed by atoms with Crippen LogP contribution in [0.2, 0.25) is 0 Å². The van der Waals surface area contributed by atoms with E-state index in [1.807, 2.05) is 6.92 Å². The third-order valence-corrected chi connectivity index (χ3v) is 7.58. The minimum Gasteiger partial charge on any atom is -0.446 e. The Labute approximate surface area is 209 Å². The van der Waals surface area contributed by atoms with Gasteiger partial charge in [0.1, 0.15) is 11.9 Å². The van der Waals surface area contributed by atoms with Gasteiger partial charge in [0.2, 0.25) is 11.8 Å². The molecule has 1 aliphatic heterocycles. The van der Waals surface area contributed by atoms with Gasteiger partial charge < -0.3 is 20.3 Å². The topological polar surface area (TPSA) is 116 Å². The molecule has 1 saturated heterocycles. The van der Waals surface area contributed by atoms with Gasteiger partial charge in [-0.05, 0) is 64.5 Å². The van der Waals surface area contributed by atoms with Crippen molar-refractivity contribution in [2.24, 2.45) is 0 Å². The van der Waals surface area contributed by atoms with E-state index in [0.717, 1.165) is 37.8 Å². The average molecular weight is 498 g/mol. The van der Waals surface area contributed by atoms with E-state index in [4.69, 9.17) is 4.74 Å². The molecule has 1 unspecified atom stereocenters. The zero-order valence-electron chi connectivity index (χ0n) is 20.6. The van der Waals surface area contributed by atoms with E-state index in [0.29, 0.717) is 30.9 Å². The van der Waals surface area contributed by atoms with Crippen LogP contribution in [-0.4, -0.2) is 46.3 Å². The molecule has 0 radical (unpaired) electrons. The van der Waals surface area contributed by atoms with Crippen molar-refractivity contribution < 1.29 is 23.5 Å². The number of hydrogen-bond donors (Lipinski definition) is 3. The Bertz CT molecular complexity index is 1180. The van der Waals surface area contributed by atoms with Crippen molar-refractivity contribution in [3.63, 3.8) is 0 Å². The van der Waals surface area contributed by atoms with Gasteiger partial charge in [0.05, 0.1) is 5.92 Å². The monoisotopic (exact) mass is 497 g/mol. The third-order valence-electron chi connectivity index (χ3n) is 7.58. The Kier molecular flexibility index (Phi) is 6.44. The number of ether oxygens (including phenoxy) is 1. The summed E-state index contributed by atoms with van der Waals surface area (Å²) in [7, 11) is 0. The van der Waals surface area contributed by atoms with Crippen molar-refractivity contribution in [3.05, 3.63) is 41.3 Å².